The van der Waals surface area contributed by atoms with Gasteiger partial charge in [0, 0.05) is 13.6 Å². The zero-order valence-corrected chi connectivity index (χ0v) is 16.7. The fourth-order valence-electron chi connectivity index (χ4n) is 3.08. The Morgan fingerprint density at radius 1 is 1.10 bits per heavy atom. The first kappa shape index (κ1) is 20.3. The van der Waals surface area contributed by atoms with E-state index in [9.17, 15) is 14.0 Å². The fourth-order valence-corrected chi connectivity index (χ4v) is 3.08. The fraction of sp³-hybridized carbons (Fsp3) is 0.238. The minimum atomic E-state index is -0.498. The lowest BCUT2D eigenvalue weighted by Gasteiger charge is -2.04. The quantitative estimate of drug-likeness (QED) is 0.399. The van der Waals surface area contributed by atoms with Crippen molar-refractivity contribution in [2.75, 3.05) is 0 Å². The summed E-state index contributed by atoms with van der Waals surface area (Å²) in [6.07, 6.45) is 0.0165. The van der Waals surface area contributed by atoms with Crippen LogP contribution in [0.4, 0.5) is 4.39 Å². The molecule has 160 valence electrons. The summed E-state index contributed by atoms with van der Waals surface area (Å²) >= 11 is 0. The number of ether oxygens (including phenoxy) is 2. The molecule has 2 aromatic heterocycles. The summed E-state index contributed by atoms with van der Waals surface area (Å²) in [7, 11) is 1.69. The lowest BCUT2D eigenvalue weighted by Crippen LogP contribution is -2.23. The average Bonchev–Trinajstić information content (AvgIpc) is 3.33. The molecule has 0 saturated heterocycles. The predicted molar refractivity (Wildman–Crippen MR) is 107 cm³/mol. The lowest BCUT2D eigenvalue weighted by atomic mass is 10.3. The molecule has 0 unspecified atom stereocenters. The van der Waals surface area contributed by atoms with Crippen LogP contribution in [0, 0.1) is 5.82 Å². The highest BCUT2D eigenvalue weighted by Crippen LogP contribution is 2.14. The number of rotatable bonds is 8. The van der Waals surface area contributed by atoms with Crippen molar-refractivity contribution < 1.29 is 23.2 Å². The van der Waals surface area contributed by atoms with Crippen LogP contribution < -0.4 is 10.4 Å². The van der Waals surface area contributed by atoms with E-state index in [1.165, 1.54) is 33.4 Å². The van der Waals surface area contributed by atoms with Crippen LogP contribution in [0.2, 0.25) is 0 Å². The van der Waals surface area contributed by atoms with Crippen LogP contribution in [0.25, 0.3) is 11.0 Å². The molecule has 4 rings (SSSR count). The molecule has 2 heterocycles. The van der Waals surface area contributed by atoms with Crippen molar-refractivity contribution in [2.45, 2.75) is 26.2 Å². The average molecular weight is 426 g/mol. The third kappa shape index (κ3) is 4.63. The molecular formula is C21H19FN4O5. The van der Waals surface area contributed by atoms with Crippen molar-refractivity contribution in [1.29, 1.82) is 0 Å². The Hall–Kier alpha value is -3.95. The van der Waals surface area contributed by atoms with E-state index in [0.29, 0.717) is 5.75 Å². The number of hydrogen-bond acceptors (Lipinski definition) is 7. The van der Waals surface area contributed by atoms with Gasteiger partial charge in [-0.25, -0.2) is 9.18 Å². The van der Waals surface area contributed by atoms with E-state index < -0.39 is 5.97 Å². The van der Waals surface area contributed by atoms with E-state index >= 15 is 0 Å². The highest BCUT2D eigenvalue weighted by atomic mass is 19.1. The molecule has 9 nitrogen and oxygen atoms in total. The lowest BCUT2D eigenvalue weighted by molar-refractivity contribution is -0.146. The summed E-state index contributed by atoms with van der Waals surface area (Å²) < 4.78 is 31.6. The minimum absolute atomic E-state index is 0.0165. The van der Waals surface area contributed by atoms with Gasteiger partial charge < -0.3 is 14.0 Å². The van der Waals surface area contributed by atoms with E-state index in [1.54, 1.807) is 7.05 Å². The van der Waals surface area contributed by atoms with Gasteiger partial charge in [-0.1, -0.05) is 17.3 Å². The third-order valence-electron chi connectivity index (χ3n) is 4.64. The monoisotopic (exact) mass is 426 g/mol. The Kier molecular flexibility index (Phi) is 5.78. The molecule has 31 heavy (non-hydrogen) atoms. The third-order valence-corrected chi connectivity index (χ3v) is 4.64. The molecule has 0 aliphatic heterocycles. The number of carbonyl (C=O) groups excluding carboxylic acids is 1. The number of fused-ring (bicyclic) bond motifs is 1. The van der Waals surface area contributed by atoms with Crippen LogP contribution in [0.15, 0.2) is 57.8 Å². The Bertz CT molecular complexity index is 1260. The Morgan fingerprint density at radius 3 is 2.61 bits per heavy atom. The maximum absolute atomic E-state index is 12.9. The maximum atomic E-state index is 12.9. The number of benzene rings is 2. The number of aryl methyl sites for hydroxylation is 2. The normalized spacial score (nSPS) is 11.0. The number of para-hydroxylation sites is 2. The van der Waals surface area contributed by atoms with Gasteiger partial charge in [-0.2, -0.15) is 4.98 Å². The van der Waals surface area contributed by atoms with Crippen LogP contribution in [-0.4, -0.2) is 25.2 Å². The summed E-state index contributed by atoms with van der Waals surface area (Å²) in [6, 6.07) is 12.9. The molecule has 2 aromatic carbocycles. The van der Waals surface area contributed by atoms with Gasteiger partial charge in [0.05, 0.1) is 17.5 Å². The first-order valence-corrected chi connectivity index (χ1v) is 9.51. The van der Waals surface area contributed by atoms with E-state index in [1.807, 2.05) is 24.3 Å². The standard InChI is InChI=1S/C21H19FN4O5/c1-25-16-4-2-3-5-17(16)26(21(25)28)11-10-20(27)30-13-19-23-18(24-31-19)12-29-15-8-6-14(22)7-9-15/h2-9H,10-13H2,1H3. The van der Waals surface area contributed by atoms with Gasteiger partial charge in [0.2, 0.25) is 5.82 Å². The number of carbonyl (C=O) groups is 1. The summed E-state index contributed by atoms with van der Waals surface area (Å²) in [5.74, 6) is -0.0163. The number of nitrogens with zero attached hydrogens (tertiary/aromatic N) is 4. The highest BCUT2D eigenvalue weighted by molar-refractivity contribution is 5.76. The van der Waals surface area contributed by atoms with Crippen molar-refractivity contribution >= 4 is 17.0 Å². The highest BCUT2D eigenvalue weighted by Gasteiger charge is 2.14. The zero-order valence-electron chi connectivity index (χ0n) is 16.7. The van der Waals surface area contributed by atoms with Crippen molar-refractivity contribution in [1.82, 2.24) is 19.3 Å². The predicted octanol–water partition coefficient (Wildman–Crippen LogP) is 2.57. The van der Waals surface area contributed by atoms with Gasteiger partial charge in [-0.3, -0.25) is 13.9 Å². The van der Waals surface area contributed by atoms with Crippen molar-refractivity contribution in [3.8, 4) is 5.75 Å². The number of aromatic nitrogens is 4. The van der Waals surface area contributed by atoms with Gasteiger partial charge >= 0.3 is 11.7 Å². The summed E-state index contributed by atoms with van der Waals surface area (Å²) in [4.78, 5) is 28.6. The van der Waals surface area contributed by atoms with Gasteiger partial charge in [-0.05, 0) is 36.4 Å². The van der Waals surface area contributed by atoms with Gasteiger partial charge in [0.1, 0.15) is 11.6 Å². The first-order chi connectivity index (χ1) is 15.0. The molecule has 0 N–H and O–H groups in total. The molecule has 0 bridgehead atoms. The molecule has 0 fully saturated rings. The number of hydrogen-bond donors (Lipinski definition) is 0. The molecular weight excluding hydrogens is 407 g/mol. The van der Waals surface area contributed by atoms with Gasteiger partial charge in [0.15, 0.2) is 13.2 Å². The second-order valence-corrected chi connectivity index (χ2v) is 6.74. The summed E-state index contributed by atoms with van der Waals surface area (Å²) in [6.45, 7) is 0.0273. The second kappa shape index (κ2) is 8.82. The van der Waals surface area contributed by atoms with Gasteiger partial charge in [-0.15, -0.1) is 0 Å². The Morgan fingerprint density at radius 2 is 1.84 bits per heavy atom. The molecule has 0 atom stereocenters. The number of imidazole rings is 1. The Labute approximate surface area is 175 Å². The van der Waals surface area contributed by atoms with Crippen LogP contribution in [0.3, 0.4) is 0 Å². The molecule has 4 aromatic rings. The summed E-state index contributed by atoms with van der Waals surface area (Å²) in [5, 5.41) is 3.74. The van der Waals surface area contributed by atoms with Crippen LogP contribution in [-0.2, 0) is 36.3 Å². The Balaban J connectivity index is 1.27. The molecule has 0 aliphatic rings. The van der Waals surface area contributed by atoms with E-state index in [2.05, 4.69) is 10.1 Å². The molecule has 10 heteroatoms. The number of esters is 1. The van der Waals surface area contributed by atoms with E-state index in [-0.39, 0.29) is 49.4 Å². The molecule has 0 spiro atoms. The number of halogens is 1. The second-order valence-electron chi connectivity index (χ2n) is 6.74. The molecule has 0 saturated carbocycles. The largest absolute Gasteiger partial charge is 0.485 e. The van der Waals surface area contributed by atoms with Crippen molar-refractivity contribution in [2.24, 2.45) is 7.05 Å². The summed E-state index contributed by atoms with van der Waals surface area (Å²) in [5.41, 5.74) is 1.35. The van der Waals surface area contributed by atoms with E-state index in [0.717, 1.165) is 11.0 Å². The van der Waals surface area contributed by atoms with E-state index in [4.69, 9.17) is 14.0 Å². The SMILES string of the molecule is Cn1c(=O)n(CCC(=O)OCc2nc(COc3ccc(F)cc3)no2)c2ccccc21. The molecule has 0 amide bonds. The first-order valence-electron chi connectivity index (χ1n) is 9.51. The molecule has 0 radical (unpaired) electrons. The van der Waals surface area contributed by atoms with Crippen LogP contribution >= 0.6 is 0 Å². The maximum Gasteiger partial charge on any atom is 0.328 e. The minimum Gasteiger partial charge on any atom is -0.485 e. The van der Waals surface area contributed by atoms with Gasteiger partial charge in [0.25, 0.3) is 5.89 Å². The zero-order chi connectivity index (χ0) is 21.8. The van der Waals surface area contributed by atoms with Crippen LogP contribution in [0.5, 0.6) is 5.75 Å². The molecule has 0 aliphatic carbocycles. The van der Waals surface area contributed by atoms with Crippen LogP contribution in [0.1, 0.15) is 18.1 Å². The topological polar surface area (TPSA) is 101 Å². The van der Waals surface area contributed by atoms with Crippen molar-refractivity contribution in [3.05, 3.63) is 76.5 Å². The smallest absolute Gasteiger partial charge is 0.328 e. The van der Waals surface area contributed by atoms with Crippen molar-refractivity contribution in [3.63, 3.8) is 0 Å².